The molecule has 0 rings (SSSR count). The van der Waals surface area contributed by atoms with E-state index in [1.165, 1.54) is 0 Å². The minimum absolute atomic E-state index is 0.0906. The van der Waals surface area contributed by atoms with Crippen LogP contribution >= 0.6 is 0 Å². The van der Waals surface area contributed by atoms with Crippen LogP contribution in [0.3, 0.4) is 0 Å². The quantitative estimate of drug-likeness (QED) is 0.638. The highest BCUT2D eigenvalue weighted by atomic mass is 19.4. The number of rotatable bonds is 7. The number of nitrogens with zero attached hydrogens (tertiary/aromatic N) is 1. The average molecular weight is 214 g/mol. The van der Waals surface area contributed by atoms with Crippen LogP contribution in [0.25, 0.3) is 0 Å². The lowest BCUT2D eigenvalue weighted by Crippen LogP contribution is -2.33. The maximum absolute atomic E-state index is 11.7. The Morgan fingerprint density at radius 3 is 2.36 bits per heavy atom. The molecule has 0 aliphatic heterocycles. The van der Waals surface area contributed by atoms with Crippen LogP contribution in [0.15, 0.2) is 0 Å². The first kappa shape index (κ1) is 13.7. The van der Waals surface area contributed by atoms with Crippen LogP contribution in [0.4, 0.5) is 13.2 Å². The van der Waals surface area contributed by atoms with Gasteiger partial charge in [-0.15, -0.1) is 0 Å². The van der Waals surface area contributed by atoms with Crippen molar-refractivity contribution in [1.29, 1.82) is 0 Å². The highest BCUT2D eigenvalue weighted by molar-refractivity contribution is 4.55. The van der Waals surface area contributed by atoms with Crippen molar-refractivity contribution in [2.45, 2.75) is 13.1 Å². The van der Waals surface area contributed by atoms with Gasteiger partial charge in [0.15, 0.2) is 0 Å². The van der Waals surface area contributed by atoms with Crippen LogP contribution in [-0.2, 0) is 4.74 Å². The summed E-state index contributed by atoms with van der Waals surface area (Å²) >= 11 is 0. The Labute approximate surface area is 82.0 Å². The lowest BCUT2D eigenvalue weighted by Gasteiger charge is -2.19. The van der Waals surface area contributed by atoms with Gasteiger partial charge in [0, 0.05) is 19.6 Å². The topological polar surface area (TPSA) is 38.5 Å². The monoisotopic (exact) mass is 214 g/mol. The summed E-state index contributed by atoms with van der Waals surface area (Å²) in [6, 6.07) is 0. The van der Waals surface area contributed by atoms with Crippen LogP contribution in [0.2, 0.25) is 0 Å². The van der Waals surface area contributed by atoms with E-state index in [2.05, 4.69) is 4.74 Å². The SMILES string of the molecule is CCN(CCN)CCOCC(F)(F)F. The van der Waals surface area contributed by atoms with E-state index < -0.39 is 12.8 Å². The average Bonchev–Trinajstić information content (AvgIpc) is 2.08. The Hall–Kier alpha value is -0.330. The highest BCUT2D eigenvalue weighted by Gasteiger charge is 2.27. The van der Waals surface area contributed by atoms with E-state index in [-0.39, 0.29) is 6.61 Å². The van der Waals surface area contributed by atoms with Crippen LogP contribution in [-0.4, -0.2) is 50.5 Å². The van der Waals surface area contributed by atoms with Gasteiger partial charge in [-0.2, -0.15) is 13.2 Å². The molecule has 3 nitrogen and oxygen atoms in total. The van der Waals surface area contributed by atoms with Gasteiger partial charge in [-0.1, -0.05) is 6.92 Å². The van der Waals surface area contributed by atoms with E-state index in [4.69, 9.17) is 5.73 Å². The fraction of sp³-hybridized carbons (Fsp3) is 1.00. The van der Waals surface area contributed by atoms with Crippen molar-refractivity contribution in [2.24, 2.45) is 5.73 Å². The molecule has 0 fully saturated rings. The number of ether oxygens (including phenoxy) is 1. The number of likely N-dealkylation sites (N-methyl/N-ethyl adjacent to an activating group) is 1. The normalized spacial score (nSPS) is 12.4. The molecule has 0 aromatic rings. The first-order valence-corrected chi connectivity index (χ1v) is 4.56. The molecule has 2 N–H and O–H groups in total. The van der Waals surface area contributed by atoms with Crippen molar-refractivity contribution in [2.75, 3.05) is 39.4 Å². The van der Waals surface area contributed by atoms with Gasteiger partial charge in [-0.25, -0.2) is 0 Å². The van der Waals surface area contributed by atoms with E-state index in [9.17, 15) is 13.2 Å². The van der Waals surface area contributed by atoms with Crippen LogP contribution < -0.4 is 5.73 Å². The summed E-state index contributed by atoms with van der Waals surface area (Å²) in [6.45, 7) is 3.30. The van der Waals surface area contributed by atoms with Crippen molar-refractivity contribution >= 4 is 0 Å². The Balaban J connectivity index is 3.42. The summed E-state index contributed by atoms with van der Waals surface area (Å²) in [7, 11) is 0. The Morgan fingerprint density at radius 2 is 1.93 bits per heavy atom. The third-order valence-corrected chi connectivity index (χ3v) is 1.71. The van der Waals surface area contributed by atoms with E-state index >= 15 is 0 Å². The summed E-state index contributed by atoms with van der Waals surface area (Å²) < 4.78 is 39.4. The van der Waals surface area contributed by atoms with Crippen molar-refractivity contribution in [3.05, 3.63) is 0 Å². The minimum atomic E-state index is -4.23. The number of hydrogen-bond acceptors (Lipinski definition) is 3. The number of halogens is 3. The highest BCUT2D eigenvalue weighted by Crippen LogP contribution is 2.14. The summed E-state index contributed by atoms with van der Waals surface area (Å²) in [4.78, 5) is 1.94. The maximum Gasteiger partial charge on any atom is 0.411 e. The van der Waals surface area contributed by atoms with Crippen molar-refractivity contribution in [3.63, 3.8) is 0 Å². The van der Waals surface area contributed by atoms with Gasteiger partial charge < -0.3 is 15.4 Å². The lowest BCUT2D eigenvalue weighted by atomic mass is 10.4. The summed E-state index contributed by atoms with van der Waals surface area (Å²) in [6.07, 6.45) is -4.23. The predicted octanol–water partition coefficient (Wildman–Crippen LogP) is 0.846. The summed E-state index contributed by atoms with van der Waals surface area (Å²) in [5.41, 5.74) is 5.32. The van der Waals surface area contributed by atoms with Gasteiger partial charge in [0.1, 0.15) is 6.61 Å². The van der Waals surface area contributed by atoms with Gasteiger partial charge in [0.2, 0.25) is 0 Å². The molecule has 0 saturated heterocycles. The Bertz CT molecular complexity index is 141. The van der Waals surface area contributed by atoms with Crippen molar-refractivity contribution in [3.8, 4) is 0 Å². The fourth-order valence-corrected chi connectivity index (χ4v) is 0.992. The molecule has 0 aromatic heterocycles. The number of alkyl halides is 3. The standard InChI is InChI=1S/C8H17F3N2O/c1-2-13(4-3-12)5-6-14-7-8(9,10)11/h2-7,12H2,1H3. The molecule has 6 heteroatoms. The second kappa shape index (κ2) is 7.03. The molecule has 0 saturated carbocycles. The van der Waals surface area contributed by atoms with Gasteiger partial charge in [-0.3, -0.25) is 0 Å². The molecule has 0 unspecified atom stereocenters. The molecule has 0 heterocycles. The molecule has 0 radical (unpaired) electrons. The van der Waals surface area contributed by atoms with E-state index in [1.807, 2.05) is 11.8 Å². The molecule has 0 aliphatic rings. The molecular formula is C8H17F3N2O. The maximum atomic E-state index is 11.7. The van der Waals surface area contributed by atoms with Crippen molar-refractivity contribution < 1.29 is 17.9 Å². The number of hydrogen-bond donors (Lipinski definition) is 1. The predicted molar refractivity (Wildman–Crippen MR) is 48.0 cm³/mol. The van der Waals surface area contributed by atoms with Crippen LogP contribution in [0.1, 0.15) is 6.92 Å². The zero-order valence-corrected chi connectivity index (χ0v) is 8.31. The largest absolute Gasteiger partial charge is 0.411 e. The van der Waals surface area contributed by atoms with Gasteiger partial charge in [0.25, 0.3) is 0 Å². The molecular weight excluding hydrogens is 197 g/mol. The third kappa shape index (κ3) is 8.28. The Morgan fingerprint density at radius 1 is 1.29 bits per heavy atom. The zero-order chi connectivity index (χ0) is 11.0. The molecule has 0 atom stereocenters. The second-order valence-corrected chi connectivity index (χ2v) is 2.89. The van der Waals surface area contributed by atoms with Crippen LogP contribution in [0.5, 0.6) is 0 Å². The third-order valence-electron chi connectivity index (χ3n) is 1.71. The van der Waals surface area contributed by atoms with Crippen LogP contribution in [0, 0.1) is 0 Å². The van der Waals surface area contributed by atoms with Gasteiger partial charge in [0.05, 0.1) is 6.61 Å². The number of nitrogens with two attached hydrogens (primary N) is 1. The Kier molecular flexibility index (Phi) is 6.86. The zero-order valence-electron chi connectivity index (χ0n) is 8.31. The lowest BCUT2D eigenvalue weighted by molar-refractivity contribution is -0.174. The van der Waals surface area contributed by atoms with Crippen molar-refractivity contribution in [1.82, 2.24) is 4.90 Å². The molecule has 86 valence electrons. The van der Waals surface area contributed by atoms with E-state index in [0.29, 0.717) is 19.6 Å². The molecule has 14 heavy (non-hydrogen) atoms. The second-order valence-electron chi connectivity index (χ2n) is 2.89. The molecule has 0 amide bonds. The summed E-state index contributed by atoms with van der Waals surface area (Å²) in [5.74, 6) is 0. The molecule has 0 aromatic carbocycles. The first-order valence-electron chi connectivity index (χ1n) is 4.56. The summed E-state index contributed by atoms with van der Waals surface area (Å²) in [5, 5.41) is 0. The van der Waals surface area contributed by atoms with Gasteiger partial charge in [-0.05, 0) is 6.54 Å². The molecule has 0 bridgehead atoms. The van der Waals surface area contributed by atoms with E-state index in [1.54, 1.807) is 0 Å². The van der Waals surface area contributed by atoms with E-state index in [0.717, 1.165) is 6.54 Å². The molecule has 0 spiro atoms. The first-order chi connectivity index (χ1) is 6.49. The van der Waals surface area contributed by atoms with Gasteiger partial charge >= 0.3 is 6.18 Å². The molecule has 0 aliphatic carbocycles. The fourth-order valence-electron chi connectivity index (χ4n) is 0.992. The smallest absolute Gasteiger partial charge is 0.371 e. The minimum Gasteiger partial charge on any atom is -0.371 e.